The lowest BCUT2D eigenvalue weighted by Crippen LogP contribution is -2.39. The Bertz CT molecular complexity index is 310. The molecule has 84 valence electrons. The van der Waals surface area contributed by atoms with Crippen molar-refractivity contribution in [1.82, 2.24) is 15.1 Å². The number of hydrogen-bond donors (Lipinski definition) is 1. The van der Waals surface area contributed by atoms with Crippen molar-refractivity contribution in [3.63, 3.8) is 0 Å². The first kappa shape index (κ1) is 10.7. The molecule has 0 aromatic carbocycles. The van der Waals surface area contributed by atoms with Crippen LogP contribution >= 0.6 is 0 Å². The molecular formula is C12H21N3. The Labute approximate surface area is 91.9 Å². The zero-order valence-corrected chi connectivity index (χ0v) is 9.79. The third-order valence-corrected chi connectivity index (χ3v) is 3.66. The van der Waals surface area contributed by atoms with Crippen molar-refractivity contribution >= 4 is 0 Å². The van der Waals surface area contributed by atoms with E-state index in [-0.39, 0.29) is 0 Å². The summed E-state index contributed by atoms with van der Waals surface area (Å²) in [6, 6.07) is 0. The standard InChI is InChI=1S/C12H21N3/c1-3-12(6-4-8-13-12)7-5-11-9-14-15(2)10-11/h9-10,13H,3-8H2,1-2H3. The lowest BCUT2D eigenvalue weighted by Gasteiger charge is -2.27. The predicted octanol–water partition coefficient (Wildman–Crippen LogP) is 1.88. The largest absolute Gasteiger partial charge is 0.311 e. The van der Waals surface area contributed by atoms with Crippen molar-refractivity contribution in [2.45, 2.75) is 44.6 Å². The van der Waals surface area contributed by atoms with E-state index < -0.39 is 0 Å². The van der Waals surface area contributed by atoms with Crippen LogP contribution in [0.1, 0.15) is 38.2 Å². The Kier molecular flexibility index (Phi) is 3.10. The van der Waals surface area contributed by atoms with Crippen LogP contribution in [0.2, 0.25) is 0 Å². The Hall–Kier alpha value is -0.830. The maximum atomic E-state index is 4.21. The van der Waals surface area contributed by atoms with E-state index >= 15 is 0 Å². The quantitative estimate of drug-likeness (QED) is 0.817. The van der Waals surface area contributed by atoms with Crippen LogP contribution in [0, 0.1) is 0 Å². The Morgan fingerprint density at radius 1 is 1.60 bits per heavy atom. The van der Waals surface area contributed by atoms with E-state index in [1.807, 2.05) is 17.9 Å². The predicted molar refractivity (Wildman–Crippen MR) is 61.8 cm³/mol. The van der Waals surface area contributed by atoms with Gasteiger partial charge in [0.05, 0.1) is 6.20 Å². The first-order chi connectivity index (χ1) is 7.24. The summed E-state index contributed by atoms with van der Waals surface area (Å²) in [6.45, 7) is 3.49. The van der Waals surface area contributed by atoms with E-state index in [1.165, 1.54) is 37.8 Å². The fraction of sp³-hybridized carbons (Fsp3) is 0.750. The third kappa shape index (κ3) is 2.40. The van der Waals surface area contributed by atoms with Gasteiger partial charge in [0.25, 0.3) is 0 Å². The molecule has 3 nitrogen and oxygen atoms in total. The average Bonchev–Trinajstić information content (AvgIpc) is 2.85. The van der Waals surface area contributed by atoms with Crippen LogP contribution in [0.5, 0.6) is 0 Å². The van der Waals surface area contributed by atoms with E-state index in [0.29, 0.717) is 5.54 Å². The van der Waals surface area contributed by atoms with Gasteiger partial charge in [-0.15, -0.1) is 0 Å². The maximum absolute atomic E-state index is 4.21. The van der Waals surface area contributed by atoms with Crippen molar-refractivity contribution in [2.24, 2.45) is 7.05 Å². The lowest BCUT2D eigenvalue weighted by molar-refractivity contribution is 0.336. The molecule has 1 unspecified atom stereocenters. The second kappa shape index (κ2) is 4.35. The van der Waals surface area contributed by atoms with Crippen LogP contribution in [-0.4, -0.2) is 21.9 Å². The van der Waals surface area contributed by atoms with Crippen LogP contribution in [0.4, 0.5) is 0 Å². The average molecular weight is 207 g/mol. The van der Waals surface area contributed by atoms with Crippen molar-refractivity contribution in [2.75, 3.05) is 6.54 Å². The van der Waals surface area contributed by atoms with Crippen LogP contribution in [0.25, 0.3) is 0 Å². The summed E-state index contributed by atoms with van der Waals surface area (Å²) < 4.78 is 1.88. The molecule has 2 heterocycles. The van der Waals surface area contributed by atoms with Crippen LogP contribution in [-0.2, 0) is 13.5 Å². The molecule has 0 bridgehead atoms. The second-order valence-electron chi connectivity index (χ2n) is 4.69. The fourth-order valence-corrected chi connectivity index (χ4v) is 2.55. The molecule has 1 aliphatic heterocycles. The highest BCUT2D eigenvalue weighted by atomic mass is 15.2. The van der Waals surface area contributed by atoms with Gasteiger partial charge in [-0.25, -0.2) is 0 Å². The zero-order valence-electron chi connectivity index (χ0n) is 9.79. The van der Waals surface area contributed by atoms with Gasteiger partial charge in [-0.2, -0.15) is 5.10 Å². The summed E-state index contributed by atoms with van der Waals surface area (Å²) in [6.07, 6.45) is 10.4. The molecule has 1 fully saturated rings. The Balaban J connectivity index is 1.91. The topological polar surface area (TPSA) is 29.9 Å². The second-order valence-corrected chi connectivity index (χ2v) is 4.69. The van der Waals surface area contributed by atoms with E-state index in [1.54, 1.807) is 0 Å². The normalized spacial score (nSPS) is 26.0. The van der Waals surface area contributed by atoms with Crippen LogP contribution in [0.3, 0.4) is 0 Å². The molecule has 0 spiro atoms. The maximum Gasteiger partial charge on any atom is 0.0521 e. The summed E-state index contributed by atoms with van der Waals surface area (Å²) in [5, 5.41) is 7.88. The number of rotatable bonds is 4. The molecule has 1 N–H and O–H groups in total. The van der Waals surface area contributed by atoms with Crippen molar-refractivity contribution < 1.29 is 0 Å². The molecule has 2 rings (SSSR count). The third-order valence-electron chi connectivity index (χ3n) is 3.66. The molecule has 1 atom stereocenters. The minimum atomic E-state index is 0.413. The summed E-state index contributed by atoms with van der Waals surface area (Å²) in [7, 11) is 1.98. The molecule has 1 aromatic rings. The molecule has 0 amide bonds. The highest BCUT2D eigenvalue weighted by Gasteiger charge is 2.30. The molecule has 15 heavy (non-hydrogen) atoms. The van der Waals surface area contributed by atoms with Gasteiger partial charge < -0.3 is 5.32 Å². The number of hydrogen-bond acceptors (Lipinski definition) is 2. The van der Waals surface area contributed by atoms with Crippen molar-refractivity contribution in [1.29, 1.82) is 0 Å². The van der Waals surface area contributed by atoms with Gasteiger partial charge in [0.1, 0.15) is 0 Å². The lowest BCUT2D eigenvalue weighted by atomic mass is 9.88. The van der Waals surface area contributed by atoms with E-state index in [4.69, 9.17) is 0 Å². The minimum absolute atomic E-state index is 0.413. The van der Waals surface area contributed by atoms with Gasteiger partial charge in [-0.3, -0.25) is 4.68 Å². The first-order valence-corrected chi connectivity index (χ1v) is 5.97. The van der Waals surface area contributed by atoms with Gasteiger partial charge in [-0.05, 0) is 44.2 Å². The molecule has 1 saturated heterocycles. The molecule has 3 heteroatoms. The van der Waals surface area contributed by atoms with Gasteiger partial charge in [0.2, 0.25) is 0 Å². The van der Waals surface area contributed by atoms with Gasteiger partial charge >= 0.3 is 0 Å². The van der Waals surface area contributed by atoms with Gasteiger partial charge in [0.15, 0.2) is 0 Å². The summed E-state index contributed by atoms with van der Waals surface area (Å²) in [4.78, 5) is 0. The molecular weight excluding hydrogens is 186 g/mol. The smallest absolute Gasteiger partial charge is 0.0521 e. The molecule has 1 aromatic heterocycles. The zero-order chi connectivity index (χ0) is 10.7. The Morgan fingerprint density at radius 2 is 2.47 bits per heavy atom. The van der Waals surface area contributed by atoms with Crippen molar-refractivity contribution in [3.8, 4) is 0 Å². The summed E-state index contributed by atoms with van der Waals surface area (Å²) >= 11 is 0. The van der Waals surface area contributed by atoms with E-state index in [9.17, 15) is 0 Å². The monoisotopic (exact) mass is 207 g/mol. The first-order valence-electron chi connectivity index (χ1n) is 5.97. The molecule has 0 radical (unpaired) electrons. The van der Waals surface area contributed by atoms with Crippen molar-refractivity contribution in [3.05, 3.63) is 18.0 Å². The number of aryl methyl sites for hydroxylation is 2. The number of nitrogens with zero attached hydrogens (tertiary/aromatic N) is 2. The van der Waals surface area contributed by atoms with Crippen LogP contribution in [0.15, 0.2) is 12.4 Å². The highest BCUT2D eigenvalue weighted by molar-refractivity contribution is 5.06. The highest BCUT2D eigenvalue weighted by Crippen LogP contribution is 2.27. The van der Waals surface area contributed by atoms with Gasteiger partial charge in [-0.1, -0.05) is 6.92 Å². The summed E-state index contributed by atoms with van der Waals surface area (Å²) in [5.41, 5.74) is 1.77. The molecule has 0 aliphatic carbocycles. The van der Waals surface area contributed by atoms with Crippen LogP contribution < -0.4 is 5.32 Å². The van der Waals surface area contributed by atoms with Gasteiger partial charge in [0, 0.05) is 18.8 Å². The molecule has 1 aliphatic rings. The Morgan fingerprint density at radius 3 is 3.00 bits per heavy atom. The minimum Gasteiger partial charge on any atom is -0.311 e. The van der Waals surface area contributed by atoms with E-state index in [0.717, 1.165) is 6.42 Å². The number of nitrogens with one attached hydrogen (secondary N) is 1. The summed E-state index contributed by atoms with van der Waals surface area (Å²) in [5.74, 6) is 0. The number of aromatic nitrogens is 2. The molecule has 0 saturated carbocycles. The van der Waals surface area contributed by atoms with E-state index in [2.05, 4.69) is 23.5 Å². The fourth-order valence-electron chi connectivity index (χ4n) is 2.55. The SMILES string of the molecule is CCC1(CCc2cnn(C)c2)CCCN1.